The first-order valence-corrected chi connectivity index (χ1v) is 8.95. The molecule has 9 nitrogen and oxygen atoms in total. The minimum atomic E-state index is -4.16. The van der Waals surface area contributed by atoms with Crippen LogP contribution in [0.4, 0.5) is 5.69 Å². The molecule has 1 aromatic rings. The van der Waals surface area contributed by atoms with Crippen molar-refractivity contribution in [2.24, 2.45) is 0 Å². The van der Waals surface area contributed by atoms with E-state index in [1.54, 1.807) is 0 Å². The van der Waals surface area contributed by atoms with Crippen molar-refractivity contribution < 1.29 is 21.8 Å². The molecule has 0 fully saturated rings. The molecule has 1 rings (SSSR count). The Balaban J connectivity index is 2.98. The number of sulfonamides is 2. The van der Waals surface area contributed by atoms with Gasteiger partial charge in [0.2, 0.25) is 20.0 Å². The van der Waals surface area contributed by atoms with Gasteiger partial charge >= 0.3 is 0 Å². The van der Waals surface area contributed by atoms with Gasteiger partial charge in [0.1, 0.15) is 4.90 Å². The van der Waals surface area contributed by atoms with Gasteiger partial charge in [-0.2, -0.15) is 0 Å². The summed E-state index contributed by atoms with van der Waals surface area (Å²) >= 11 is 5.71. The molecule has 0 saturated heterocycles. The summed E-state index contributed by atoms with van der Waals surface area (Å²) in [4.78, 5) is 9.39. The molecule has 0 aliphatic heterocycles. The predicted octanol–water partition coefficient (Wildman–Crippen LogP) is 0.0757. The Kier molecular flexibility index (Phi) is 5.64. The van der Waals surface area contributed by atoms with Gasteiger partial charge in [0.25, 0.3) is 5.69 Å². The maximum absolute atomic E-state index is 12.0. The lowest BCUT2D eigenvalue weighted by Gasteiger charge is -2.08. The third-order valence-electron chi connectivity index (χ3n) is 2.39. The summed E-state index contributed by atoms with van der Waals surface area (Å²) in [5.74, 6) is -0.477. The van der Waals surface area contributed by atoms with E-state index in [-0.39, 0.29) is 5.02 Å². The zero-order chi connectivity index (χ0) is 16.3. The first-order valence-electron chi connectivity index (χ1n) is 5.44. The van der Waals surface area contributed by atoms with Crippen LogP contribution in [0.2, 0.25) is 5.02 Å². The largest absolute Gasteiger partial charge is 0.270 e. The molecule has 12 heteroatoms. The lowest BCUT2D eigenvalue weighted by molar-refractivity contribution is -0.385. The van der Waals surface area contributed by atoms with E-state index in [0.29, 0.717) is 0 Å². The van der Waals surface area contributed by atoms with Gasteiger partial charge in [0, 0.05) is 18.7 Å². The lowest BCUT2D eigenvalue weighted by Crippen LogP contribution is -2.33. The molecule has 0 spiro atoms. The molecule has 0 unspecified atom stereocenters. The fourth-order valence-corrected chi connectivity index (χ4v) is 3.56. The maximum atomic E-state index is 12.0. The lowest BCUT2D eigenvalue weighted by atomic mass is 10.3. The number of benzene rings is 1. The van der Waals surface area contributed by atoms with Crippen LogP contribution < -0.4 is 9.44 Å². The van der Waals surface area contributed by atoms with Crippen molar-refractivity contribution in [1.29, 1.82) is 0 Å². The Hall–Kier alpha value is -1.27. The molecule has 0 aromatic heterocycles. The average molecular weight is 358 g/mol. The third kappa shape index (κ3) is 4.89. The van der Waals surface area contributed by atoms with Crippen molar-refractivity contribution in [3.63, 3.8) is 0 Å². The second-order valence-electron chi connectivity index (χ2n) is 3.79. The summed E-state index contributed by atoms with van der Waals surface area (Å²) in [6, 6.07) is 2.95. The van der Waals surface area contributed by atoms with E-state index in [0.717, 1.165) is 18.2 Å². The quantitative estimate of drug-likeness (QED) is 0.523. The molecule has 0 saturated carbocycles. The highest BCUT2D eigenvalue weighted by molar-refractivity contribution is 7.90. The molecular formula is C9H12ClN3O6S2. The molecule has 0 aliphatic carbocycles. The number of nitrogens with zero attached hydrogens (tertiary/aromatic N) is 1. The van der Waals surface area contributed by atoms with Gasteiger partial charge in [-0.1, -0.05) is 11.6 Å². The van der Waals surface area contributed by atoms with Gasteiger partial charge in [-0.25, -0.2) is 26.3 Å². The van der Waals surface area contributed by atoms with Crippen LogP contribution in [0.1, 0.15) is 0 Å². The second kappa shape index (κ2) is 6.66. The summed E-state index contributed by atoms with van der Waals surface area (Å²) in [6.45, 7) is -0.398. The monoisotopic (exact) mass is 357 g/mol. The maximum Gasteiger partial charge on any atom is 0.270 e. The molecule has 1 aromatic carbocycles. The Morgan fingerprint density at radius 3 is 2.43 bits per heavy atom. The van der Waals surface area contributed by atoms with E-state index in [1.807, 2.05) is 9.44 Å². The topological polar surface area (TPSA) is 135 Å². The Morgan fingerprint density at radius 1 is 1.29 bits per heavy atom. The summed E-state index contributed by atoms with van der Waals surface area (Å²) in [6.07, 6.45) is 0. The van der Waals surface area contributed by atoms with Gasteiger partial charge in [-0.3, -0.25) is 10.1 Å². The number of halogens is 1. The number of hydrogen-bond acceptors (Lipinski definition) is 6. The number of nitrogens with one attached hydrogen (secondary N) is 2. The van der Waals surface area contributed by atoms with E-state index < -0.39 is 47.9 Å². The van der Waals surface area contributed by atoms with Gasteiger partial charge in [0.05, 0.1) is 15.7 Å². The molecule has 21 heavy (non-hydrogen) atoms. The number of non-ortho nitro benzene ring substituents is 1. The smallest absolute Gasteiger partial charge is 0.258 e. The molecule has 0 atom stereocenters. The van der Waals surface area contributed by atoms with Crippen molar-refractivity contribution in [2.45, 2.75) is 4.90 Å². The van der Waals surface area contributed by atoms with Gasteiger partial charge in [-0.15, -0.1) is 0 Å². The SMILES string of the molecule is CNS(=O)(=O)CCNS(=O)(=O)c1cc([N+](=O)[O-])ccc1Cl. The molecule has 0 bridgehead atoms. The molecule has 118 valence electrons. The standard InChI is InChI=1S/C9H12ClN3O6S2/c1-11-20(16,17)5-4-12-21(18,19)9-6-7(13(14)15)2-3-8(9)10/h2-3,6,11-12H,4-5H2,1H3. The van der Waals surface area contributed by atoms with Crippen LogP contribution in [0.5, 0.6) is 0 Å². The van der Waals surface area contributed by atoms with Gasteiger partial charge in [-0.05, 0) is 13.1 Å². The van der Waals surface area contributed by atoms with Crippen LogP contribution in [0, 0.1) is 10.1 Å². The Morgan fingerprint density at radius 2 is 1.90 bits per heavy atom. The highest BCUT2D eigenvalue weighted by Gasteiger charge is 2.22. The summed E-state index contributed by atoms with van der Waals surface area (Å²) < 4.78 is 50.3. The van der Waals surface area contributed by atoms with Gasteiger partial charge in [0.15, 0.2) is 0 Å². The normalized spacial score (nSPS) is 12.3. The Bertz CT molecular complexity index is 747. The number of rotatable bonds is 7. The van der Waals surface area contributed by atoms with Crippen molar-refractivity contribution >= 4 is 37.3 Å². The van der Waals surface area contributed by atoms with E-state index in [2.05, 4.69) is 0 Å². The predicted molar refractivity (Wildman–Crippen MR) is 76.1 cm³/mol. The number of hydrogen-bond donors (Lipinski definition) is 2. The van der Waals surface area contributed by atoms with Crippen LogP contribution in [-0.2, 0) is 20.0 Å². The van der Waals surface area contributed by atoms with E-state index in [4.69, 9.17) is 11.6 Å². The van der Waals surface area contributed by atoms with E-state index in [9.17, 15) is 26.9 Å². The first-order chi connectivity index (χ1) is 9.59. The average Bonchev–Trinajstić information content (AvgIpc) is 2.38. The molecule has 2 N–H and O–H groups in total. The van der Waals surface area contributed by atoms with Crippen molar-refractivity contribution in [3.8, 4) is 0 Å². The van der Waals surface area contributed by atoms with E-state index in [1.165, 1.54) is 7.05 Å². The van der Waals surface area contributed by atoms with Crippen LogP contribution in [-0.4, -0.2) is 41.1 Å². The molecule has 0 radical (unpaired) electrons. The van der Waals surface area contributed by atoms with Crippen molar-refractivity contribution in [3.05, 3.63) is 33.3 Å². The first kappa shape index (κ1) is 17.8. The Labute approximate surface area is 126 Å². The fourth-order valence-electron chi connectivity index (χ4n) is 1.30. The van der Waals surface area contributed by atoms with Crippen molar-refractivity contribution in [1.82, 2.24) is 9.44 Å². The van der Waals surface area contributed by atoms with Crippen LogP contribution in [0.25, 0.3) is 0 Å². The second-order valence-corrected chi connectivity index (χ2v) is 7.98. The zero-order valence-electron chi connectivity index (χ0n) is 10.7. The van der Waals surface area contributed by atoms with Crippen LogP contribution in [0.3, 0.4) is 0 Å². The third-order valence-corrected chi connectivity index (χ3v) is 5.70. The number of nitro groups is 1. The fraction of sp³-hybridized carbons (Fsp3) is 0.333. The molecule has 0 amide bonds. The zero-order valence-corrected chi connectivity index (χ0v) is 13.1. The van der Waals surface area contributed by atoms with Gasteiger partial charge < -0.3 is 0 Å². The summed E-state index contributed by atoms with van der Waals surface area (Å²) in [5.41, 5.74) is -0.442. The minimum absolute atomic E-state index is 0.204. The minimum Gasteiger partial charge on any atom is -0.258 e. The summed E-state index contributed by atoms with van der Waals surface area (Å²) in [7, 11) is -6.53. The number of nitro benzene ring substituents is 1. The summed E-state index contributed by atoms with van der Waals surface area (Å²) in [5, 5.41) is 10.4. The molecule has 0 heterocycles. The van der Waals surface area contributed by atoms with Crippen LogP contribution >= 0.6 is 11.6 Å². The molecular weight excluding hydrogens is 346 g/mol. The van der Waals surface area contributed by atoms with E-state index >= 15 is 0 Å². The highest BCUT2D eigenvalue weighted by Crippen LogP contribution is 2.25. The molecule has 0 aliphatic rings. The van der Waals surface area contributed by atoms with Crippen LogP contribution in [0.15, 0.2) is 23.1 Å². The highest BCUT2D eigenvalue weighted by atomic mass is 35.5. The van der Waals surface area contributed by atoms with Crippen molar-refractivity contribution in [2.75, 3.05) is 19.3 Å².